The van der Waals surface area contributed by atoms with Gasteiger partial charge < -0.3 is 4.74 Å². The van der Waals surface area contributed by atoms with Crippen molar-refractivity contribution in [1.29, 1.82) is 0 Å². The van der Waals surface area contributed by atoms with Crippen molar-refractivity contribution in [3.05, 3.63) is 30.3 Å². The quantitative estimate of drug-likeness (QED) is 0.455. The maximum absolute atomic E-state index is 11.8. The third-order valence-corrected chi connectivity index (χ3v) is 1.60. The summed E-state index contributed by atoms with van der Waals surface area (Å²) in [5, 5.41) is 0. The lowest BCUT2D eigenvalue weighted by molar-refractivity contribution is -0.173. The van der Waals surface area contributed by atoms with Crippen molar-refractivity contribution in [3.63, 3.8) is 0 Å². The van der Waals surface area contributed by atoms with E-state index in [0.717, 1.165) is 0 Å². The fourth-order valence-corrected chi connectivity index (χ4v) is 0.887. The number of rotatable bonds is 3. The molecule has 0 bridgehead atoms. The van der Waals surface area contributed by atoms with Crippen molar-refractivity contribution in [2.45, 2.75) is 12.6 Å². The molecular formula is C10H7F3O3. The first-order valence-corrected chi connectivity index (χ1v) is 4.25. The second-order valence-electron chi connectivity index (χ2n) is 2.88. The lowest BCUT2D eigenvalue weighted by Gasteiger charge is -2.05. The fourth-order valence-electron chi connectivity index (χ4n) is 0.887. The van der Waals surface area contributed by atoms with Crippen molar-refractivity contribution in [2.75, 3.05) is 0 Å². The van der Waals surface area contributed by atoms with Crippen LogP contribution in [0.1, 0.15) is 6.42 Å². The predicted molar refractivity (Wildman–Crippen MR) is 47.8 cm³/mol. The smallest absolute Gasteiger partial charge is 0.426 e. The molecule has 3 nitrogen and oxygen atoms in total. The summed E-state index contributed by atoms with van der Waals surface area (Å²) in [5.74, 6) is -3.25. The molecule has 1 aromatic rings. The maximum Gasteiger partial charge on any atom is 0.450 e. The van der Waals surface area contributed by atoms with Crippen LogP contribution >= 0.6 is 0 Å². The van der Waals surface area contributed by atoms with E-state index in [1.54, 1.807) is 18.2 Å². The number of hydrogen-bond donors (Lipinski definition) is 0. The molecule has 0 aliphatic rings. The number of ether oxygens (including phenoxy) is 1. The van der Waals surface area contributed by atoms with E-state index in [-0.39, 0.29) is 5.75 Å². The van der Waals surface area contributed by atoms with Crippen LogP contribution in [-0.4, -0.2) is 17.9 Å². The highest BCUT2D eigenvalue weighted by Crippen LogP contribution is 2.18. The van der Waals surface area contributed by atoms with E-state index in [1.807, 2.05) is 0 Å². The van der Waals surface area contributed by atoms with Crippen LogP contribution in [0, 0.1) is 0 Å². The van der Waals surface area contributed by atoms with Gasteiger partial charge in [-0.25, -0.2) is 0 Å². The van der Waals surface area contributed by atoms with Crippen molar-refractivity contribution in [3.8, 4) is 5.75 Å². The number of ketones is 1. The summed E-state index contributed by atoms with van der Waals surface area (Å²) in [6.45, 7) is 0. The highest BCUT2D eigenvalue weighted by atomic mass is 19.4. The Kier molecular flexibility index (Phi) is 3.65. The summed E-state index contributed by atoms with van der Waals surface area (Å²) in [5.41, 5.74) is 0. The van der Waals surface area contributed by atoms with Gasteiger partial charge >= 0.3 is 12.1 Å². The van der Waals surface area contributed by atoms with Crippen LogP contribution in [0.2, 0.25) is 0 Å². The Labute approximate surface area is 88.8 Å². The second kappa shape index (κ2) is 4.78. The molecule has 0 aliphatic heterocycles. The average Bonchev–Trinajstić information content (AvgIpc) is 2.17. The number of carbonyl (C=O) groups excluding carboxylic acids is 2. The predicted octanol–water partition coefficient (Wildman–Crippen LogP) is 2.11. The van der Waals surface area contributed by atoms with Crippen LogP contribution in [0.25, 0.3) is 0 Å². The largest absolute Gasteiger partial charge is 0.450 e. The number of alkyl halides is 3. The van der Waals surface area contributed by atoms with Gasteiger partial charge in [0.15, 0.2) is 0 Å². The van der Waals surface area contributed by atoms with Crippen molar-refractivity contribution in [1.82, 2.24) is 0 Å². The summed E-state index contributed by atoms with van der Waals surface area (Å²) in [6.07, 6.45) is -6.31. The van der Waals surface area contributed by atoms with E-state index in [0.29, 0.717) is 0 Å². The van der Waals surface area contributed by atoms with Gasteiger partial charge in [-0.1, -0.05) is 18.2 Å². The van der Waals surface area contributed by atoms with Crippen LogP contribution in [-0.2, 0) is 9.59 Å². The zero-order chi connectivity index (χ0) is 12.2. The van der Waals surface area contributed by atoms with Crippen molar-refractivity contribution >= 4 is 11.8 Å². The Morgan fingerprint density at radius 1 is 1.12 bits per heavy atom. The Morgan fingerprint density at radius 2 is 1.69 bits per heavy atom. The SMILES string of the molecule is O=C(CC(=O)C(F)(F)F)Oc1ccccc1. The number of para-hydroxylation sites is 1. The molecular weight excluding hydrogens is 225 g/mol. The molecule has 0 spiro atoms. The van der Waals surface area contributed by atoms with Gasteiger partial charge in [0, 0.05) is 0 Å². The third-order valence-electron chi connectivity index (χ3n) is 1.60. The molecule has 1 aromatic carbocycles. The molecule has 0 saturated heterocycles. The zero-order valence-electron chi connectivity index (χ0n) is 7.95. The Morgan fingerprint density at radius 3 is 2.19 bits per heavy atom. The van der Waals surface area contributed by atoms with Gasteiger partial charge in [-0.15, -0.1) is 0 Å². The normalized spacial score (nSPS) is 10.9. The highest BCUT2D eigenvalue weighted by molar-refractivity contribution is 5.99. The first-order valence-electron chi connectivity index (χ1n) is 4.25. The number of Topliss-reactive ketones (excluding diaryl/α,β-unsaturated/α-hetero) is 1. The van der Waals surface area contributed by atoms with E-state index >= 15 is 0 Å². The zero-order valence-corrected chi connectivity index (χ0v) is 7.95. The van der Waals surface area contributed by atoms with Gasteiger partial charge in [-0.2, -0.15) is 13.2 Å². The number of esters is 1. The molecule has 1 rings (SSSR count). The third kappa shape index (κ3) is 3.72. The van der Waals surface area contributed by atoms with Crippen LogP contribution in [0.5, 0.6) is 5.75 Å². The summed E-state index contributed by atoms with van der Waals surface area (Å²) in [7, 11) is 0. The van der Waals surface area contributed by atoms with Gasteiger partial charge in [0.2, 0.25) is 5.78 Å². The minimum absolute atomic E-state index is 0.0995. The van der Waals surface area contributed by atoms with Gasteiger partial charge in [-0.05, 0) is 12.1 Å². The minimum atomic E-state index is -5.00. The van der Waals surface area contributed by atoms with Gasteiger partial charge in [-0.3, -0.25) is 9.59 Å². The molecule has 0 aromatic heterocycles. The average molecular weight is 232 g/mol. The fraction of sp³-hybridized carbons (Fsp3) is 0.200. The Balaban J connectivity index is 2.52. The number of halogens is 3. The van der Waals surface area contributed by atoms with E-state index in [4.69, 9.17) is 0 Å². The summed E-state index contributed by atoms with van der Waals surface area (Å²) < 4.78 is 39.9. The lowest BCUT2D eigenvalue weighted by atomic mass is 10.3. The summed E-state index contributed by atoms with van der Waals surface area (Å²) >= 11 is 0. The molecule has 86 valence electrons. The Bertz CT molecular complexity index is 384. The lowest BCUT2D eigenvalue weighted by Crippen LogP contribution is -2.27. The first-order chi connectivity index (χ1) is 7.39. The van der Waals surface area contributed by atoms with Crippen molar-refractivity contribution in [2.24, 2.45) is 0 Å². The van der Waals surface area contributed by atoms with E-state index in [9.17, 15) is 22.8 Å². The van der Waals surface area contributed by atoms with E-state index in [1.165, 1.54) is 12.1 Å². The number of carbonyl (C=O) groups is 2. The van der Waals surface area contributed by atoms with Gasteiger partial charge in [0.05, 0.1) is 0 Å². The molecule has 0 atom stereocenters. The van der Waals surface area contributed by atoms with Crippen molar-refractivity contribution < 1.29 is 27.5 Å². The standard InChI is InChI=1S/C10H7F3O3/c11-10(12,13)8(14)6-9(15)16-7-4-2-1-3-5-7/h1-5H,6H2. The van der Waals surface area contributed by atoms with Crippen LogP contribution in [0.15, 0.2) is 30.3 Å². The molecule has 0 heterocycles. The number of benzene rings is 1. The van der Waals surface area contributed by atoms with Crippen LogP contribution in [0.4, 0.5) is 13.2 Å². The molecule has 6 heteroatoms. The topological polar surface area (TPSA) is 43.4 Å². The summed E-state index contributed by atoms with van der Waals surface area (Å²) in [6, 6.07) is 7.55. The van der Waals surface area contributed by atoms with E-state index in [2.05, 4.69) is 4.74 Å². The molecule has 16 heavy (non-hydrogen) atoms. The maximum atomic E-state index is 11.8. The van der Waals surface area contributed by atoms with Crippen LogP contribution in [0.3, 0.4) is 0 Å². The van der Waals surface area contributed by atoms with Crippen LogP contribution < -0.4 is 4.74 Å². The highest BCUT2D eigenvalue weighted by Gasteiger charge is 2.39. The molecule has 0 aliphatic carbocycles. The molecule has 0 unspecified atom stereocenters. The minimum Gasteiger partial charge on any atom is -0.426 e. The van der Waals surface area contributed by atoms with Gasteiger partial charge in [0.1, 0.15) is 12.2 Å². The number of hydrogen-bond acceptors (Lipinski definition) is 3. The molecule has 0 radical (unpaired) electrons. The van der Waals surface area contributed by atoms with E-state index < -0.39 is 24.3 Å². The molecule has 0 amide bonds. The second-order valence-corrected chi connectivity index (χ2v) is 2.88. The molecule has 0 N–H and O–H groups in total. The molecule has 0 fully saturated rings. The monoisotopic (exact) mass is 232 g/mol. The Hall–Kier alpha value is -1.85. The van der Waals surface area contributed by atoms with Gasteiger partial charge in [0.25, 0.3) is 0 Å². The summed E-state index contributed by atoms with van der Waals surface area (Å²) in [4.78, 5) is 21.4. The first kappa shape index (κ1) is 12.2. The molecule has 0 saturated carbocycles.